The van der Waals surface area contributed by atoms with Crippen LogP contribution in [0.3, 0.4) is 0 Å². The molecule has 2 aromatic carbocycles. The summed E-state index contributed by atoms with van der Waals surface area (Å²) in [6.45, 7) is 0.479. The monoisotopic (exact) mass is 361 g/mol. The van der Waals surface area contributed by atoms with Crippen LogP contribution in [-0.2, 0) is 11.3 Å². The quantitative estimate of drug-likeness (QED) is 0.724. The molecule has 0 amide bonds. The lowest BCUT2D eigenvalue weighted by atomic mass is 10.1. The summed E-state index contributed by atoms with van der Waals surface area (Å²) in [4.78, 5) is 11.9. The van der Waals surface area contributed by atoms with Crippen LogP contribution < -0.4 is 24.3 Å². The van der Waals surface area contributed by atoms with Crippen molar-refractivity contribution in [3.05, 3.63) is 41.5 Å². The molecule has 2 aromatic rings. The van der Waals surface area contributed by atoms with Crippen LogP contribution in [0.25, 0.3) is 0 Å². The predicted molar refractivity (Wildman–Crippen MR) is 97.8 cm³/mol. The molecule has 140 valence electrons. The van der Waals surface area contributed by atoms with Gasteiger partial charge in [0.1, 0.15) is 11.3 Å². The van der Waals surface area contributed by atoms with Gasteiger partial charge in [-0.2, -0.15) is 0 Å². The second kappa shape index (κ2) is 8.84. The molecule has 7 nitrogen and oxygen atoms in total. The molecular weight excluding hydrogens is 338 g/mol. The van der Waals surface area contributed by atoms with Gasteiger partial charge in [0, 0.05) is 24.4 Å². The van der Waals surface area contributed by atoms with Crippen LogP contribution in [0.1, 0.15) is 15.9 Å². The fourth-order valence-electron chi connectivity index (χ4n) is 2.52. The fourth-order valence-corrected chi connectivity index (χ4v) is 2.52. The molecule has 0 aliphatic carbocycles. The van der Waals surface area contributed by atoms with E-state index in [2.05, 4.69) is 5.32 Å². The van der Waals surface area contributed by atoms with Gasteiger partial charge in [-0.05, 0) is 17.7 Å². The number of carbonyl (C=O) groups excluding carboxylic acids is 1. The third-order valence-corrected chi connectivity index (χ3v) is 3.83. The molecule has 0 bridgehead atoms. The van der Waals surface area contributed by atoms with Crippen LogP contribution in [0, 0.1) is 0 Å². The largest absolute Gasteiger partial charge is 0.496 e. The van der Waals surface area contributed by atoms with Crippen LogP contribution in [0.2, 0.25) is 0 Å². The Kier molecular flexibility index (Phi) is 6.54. The molecule has 26 heavy (non-hydrogen) atoms. The van der Waals surface area contributed by atoms with Gasteiger partial charge in [0.2, 0.25) is 5.75 Å². The number of hydrogen-bond acceptors (Lipinski definition) is 7. The molecular formula is C19H23NO6. The Balaban J connectivity index is 2.24. The molecule has 0 aliphatic heterocycles. The smallest absolute Gasteiger partial charge is 0.341 e. The lowest BCUT2D eigenvalue weighted by Crippen LogP contribution is -2.07. The summed E-state index contributed by atoms with van der Waals surface area (Å²) < 4.78 is 26.0. The van der Waals surface area contributed by atoms with Gasteiger partial charge in [-0.25, -0.2) is 4.79 Å². The van der Waals surface area contributed by atoms with Gasteiger partial charge in [-0.3, -0.25) is 0 Å². The number of rotatable bonds is 8. The summed E-state index contributed by atoms with van der Waals surface area (Å²) in [5.41, 5.74) is 2.05. The molecule has 0 radical (unpaired) electrons. The normalized spacial score (nSPS) is 10.0. The van der Waals surface area contributed by atoms with E-state index in [4.69, 9.17) is 23.7 Å². The number of benzene rings is 2. The van der Waals surface area contributed by atoms with Crippen molar-refractivity contribution >= 4 is 11.7 Å². The molecule has 0 aromatic heterocycles. The minimum atomic E-state index is -0.448. The SMILES string of the molecule is COC(=O)c1cc(CNc2cc(OC)c(OC)c(OC)c2)ccc1OC. The van der Waals surface area contributed by atoms with Crippen LogP contribution >= 0.6 is 0 Å². The number of carbonyl (C=O) groups is 1. The van der Waals surface area contributed by atoms with Gasteiger partial charge in [-0.1, -0.05) is 6.07 Å². The van der Waals surface area contributed by atoms with E-state index in [0.29, 0.717) is 35.1 Å². The third-order valence-electron chi connectivity index (χ3n) is 3.83. The highest BCUT2D eigenvalue weighted by Gasteiger charge is 2.15. The fraction of sp³-hybridized carbons (Fsp3) is 0.316. The molecule has 0 saturated carbocycles. The van der Waals surface area contributed by atoms with Crippen molar-refractivity contribution in [1.82, 2.24) is 0 Å². The van der Waals surface area contributed by atoms with Crippen molar-refractivity contribution < 1.29 is 28.5 Å². The van der Waals surface area contributed by atoms with E-state index < -0.39 is 5.97 Å². The standard InChI is InChI=1S/C19H23NO6/c1-22-15-7-6-12(8-14(15)19(21)26-5)11-20-13-9-16(23-2)18(25-4)17(10-13)24-3/h6-10,20H,11H2,1-5H3. The lowest BCUT2D eigenvalue weighted by molar-refractivity contribution is 0.0597. The van der Waals surface area contributed by atoms with E-state index in [-0.39, 0.29) is 0 Å². The minimum absolute atomic E-state index is 0.374. The van der Waals surface area contributed by atoms with E-state index in [1.807, 2.05) is 18.2 Å². The first-order chi connectivity index (χ1) is 12.6. The summed E-state index contributed by atoms with van der Waals surface area (Å²) in [5.74, 6) is 1.65. The average molecular weight is 361 g/mol. The van der Waals surface area contributed by atoms with Crippen LogP contribution in [0.5, 0.6) is 23.0 Å². The highest BCUT2D eigenvalue weighted by molar-refractivity contribution is 5.92. The summed E-state index contributed by atoms with van der Waals surface area (Å²) in [7, 11) is 7.53. The maximum atomic E-state index is 11.9. The summed E-state index contributed by atoms with van der Waals surface area (Å²) in [6.07, 6.45) is 0. The van der Waals surface area contributed by atoms with Crippen LogP contribution in [-0.4, -0.2) is 41.5 Å². The first kappa shape index (κ1) is 19.2. The predicted octanol–water partition coefficient (Wildman–Crippen LogP) is 3.12. The van der Waals surface area contributed by atoms with Crippen molar-refractivity contribution in [3.63, 3.8) is 0 Å². The third kappa shape index (κ3) is 4.11. The van der Waals surface area contributed by atoms with E-state index >= 15 is 0 Å². The molecule has 0 spiro atoms. The lowest BCUT2D eigenvalue weighted by Gasteiger charge is -2.15. The van der Waals surface area contributed by atoms with Crippen molar-refractivity contribution in [2.24, 2.45) is 0 Å². The van der Waals surface area contributed by atoms with Gasteiger partial charge < -0.3 is 29.0 Å². The molecule has 0 heterocycles. The zero-order chi connectivity index (χ0) is 19.1. The Labute approximate surface area is 152 Å². The molecule has 0 saturated heterocycles. The Hall–Kier alpha value is -3.09. The molecule has 0 aliphatic rings. The molecule has 0 unspecified atom stereocenters. The Morgan fingerprint density at radius 1 is 0.846 bits per heavy atom. The molecule has 0 atom stereocenters. The van der Waals surface area contributed by atoms with E-state index in [9.17, 15) is 4.79 Å². The zero-order valence-electron chi connectivity index (χ0n) is 15.5. The van der Waals surface area contributed by atoms with E-state index in [0.717, 1.165) is 11.3 Å². The molecule has 2 rings (SSSR count). The van der Waals surface area contributed by atoms with Gasteiger partial charge in [0.15, 0.2) is 11.5 Å². The van der Waals surface area contributed by atoms with E-state index in [1.54, 1.807) is 33.5 Å². The zero-order valence-corrected chi connectivity index (χ0v) is 15.5. The van der Waals surface area contributed by atoms with Crippen molar-refractivity contribution in [3.8, 4) is 23.0 Å². The molecule has 0 fully saturated rings. The topological polar surface area (TPSA) is 75.3 Å². The van der Waals surface area contributed by atoms with Crippen molar-refractivity contribution in [2.75, 3.05) is 40.9 Å². The summed E-state index contributed by atoms with van der Waals surface area (Å²) in [5, 5.41) is 3.27. The maximum Gasteiger partial charge on any atom is 0.341 e. The van der Waals surface area contributed by atoms with Crippen molar-refractivity contribution in [2.45, 2.75) is 6.54 Å². The maximum absolute atomic E-state index is 11.9. The number of esters is 1. The van der Waals surface area contributed by atoms with Gasteiger partial charge in [-0.15, -0.1) is 0 Å². The average Bonchev–Trinajstić information content (AvgIpc) is 2.70. The molecule has 1 N–H and O–H groups in total. The van der Waals surface area contributed by atoms with Crippen molar-refractivity contribution in [1.29, 1.82) is 0 Å². The Morgan fingerprint density at radius 3 is 1.96 bits per heavy atom. The number of nitrogens with one attached hydrogen (secondary N) is 1. The summed E-state index contributed by atoms with van der Waals surface area (Å²) >= 11 is 0. The first-order valence-corrected chi connectivity index (χ1v) is 7.87. The highest BCUT2D eigenvalue weighted by atomic mass is 16.5. The Bertz CT molecular complexity index is 750. The van der Waals surface area contributed by atoms with E-state index in [1.165, 1.54) is 14.2 Å². The first-order valence-electron chi connectivity index (χ1n) is 7.87. The van der Waals surface area contributed by atoms with Gasteiger partial charge in [0.05, 0.1) is 35.5 Å². The number of ether oxygens (including phenoxy) is 5. The molecule has 7 heteroatoms. The van der Waals surface area contributed by atoms with Gasteiger partial charge >= 0.3 is 5.97 Å². The second-order valence-corrected chi connectivity index (χ2v) is 5.29. The Morgan fingerprint density at radius 2 is 1.46 bits per heavy atom. The number of hydrogen-bond donors (Lipinski definition) is 1. The number of methoxy groups -OCH3 is 5. The second-order valence-electron chi connectivity index (χ2n) is 5.29. The number of anilines is 1. The highest BCUT2D eigenvalue weighted by Crippen LogP contribution is 2.40. The van der Waals surface area contributed by atoms with Crippen LogP contribution in [0.15, 0.2) is 30.3 Å². The summed E-state index contributed by atoms with van der Waals surface area (Å²) in [6, 6.07) is 8.96. The van der Waals surface area contributed by atoms with Gasteiger partial charge in [0.25, 0.3) is 0 Å². The minimum Gasteiger partial charge on any atom is -0.496 e. The van der Waals surface area contributed by atoms with Crippen LogP contribution in [0.4, 0.5) is 5.69 Å².